The van der Waals surface area contributed by atoms with Crippen LogP contribution in [0.1, 0.15) is 12.8 Å². The number of carbonyl (C=O) groups excluding carboxylic acids is 2. The molecule has 2 aliphatic heterocycles. The van der Waals surface area contributed by atoms with Crippen molar-refractivity contribution in [1.82, 2.24) is 9.80 Å². The van der Waals surface area contributed by atoms with E-state index in [1.54, 1.807) is 0 Å². The van der Waals surface area contributed by atoms with Gasteiger partial charge in [-0.25, -0.2) is 0 Å². The van der Waals surface area contributed by atoms with E-state index in [2.05, 4.69) is 9.80 Å². The minimum absolute atomic E-state index is 0.0751. The maximum absolute atomic E-state index is 12.4. The highest BCUT2D eigenvalue weighted by atomic mass is 35.5. The van der Waals surface area contributed by atoms with Gasteiger partial charge in [0.2, 0.25) is 5.91 Å². The van der Waals surface area contributed by atoms with Gasteiger partial charge in [-0.05, 0) is 18.2 Å². The summed E-state index contributed by atoms with van der Waals surface area (Å²) >= 11 is 6.05. The predicted molar refractivity (Wildman–Crippen MR) is 102 cm³/mol. The van der Waals surface area contributed by atoms with E-state index in [0.29, 0.717) is 45.7 Å². The third kappa shape index (κ3) is 5.43. The Labute approximate surface area is 159 Å². The second-order valence-corrected chi connectivity index (χ2v) is 7.21. The number of morpholine rings is 1. The van der Waals surface area contributed by atoms with Crippen LogP contribution >= 0.6 is 11.6 Å². The number of rotatable bonds is 6. The molecule has 0 saturated carbocycles. The van der Waals surface area contributed by atoms with Gasteiger partial charge in [-0.3, -0.25) is 14.5 Å². The molecule has 0 bridgehead atoms. The zero-order valence-electron chi connectivity index (χ0n) is 15.0. The summed E-state index contributed by atoms with van der Waals surface area (Å²) in [4.78, 5) is 30.7. The molecule has 2 saturated heterocycles. The lowest BCUT2D eigenvalue weighted by Crippen LogP contribution is -2.49. The van der Waals surface area contributed by atoms with Gasteiger partial charge in [0.05, 0.1) is 19.8 Å². The van der Waals surface area contributed by atoms with Crippen LogP contribution in [0.15, 0.2) is 24.3 Å². The SMILES string of the molecule is O=C(CCC(=O)N1CCN(c2cccc(Cl)c2)CC1)CN1CCOCC1. The van der Waals surface area contributed by atoms with Crippen molar-refractivity contribution in [1.29, 1.82) is 0 Å². The first-order valence-electron chi connectivity index (χ1n) is 9.22. The number of piperazine rings is 1. The smallest absolute Gasteiger partial charge is 0.223 e. The van der Waals surface area contributed by atoms with Gasteiger partial charge >= 0.3 is 0 Å². The van der Waals surface area contributed by atoms with E-state index >= 15 is 0 Å². The number of hydrogen-bond donors (Lipinski definition) is 0. The average Bonchev–Trinajstić information content (AvgIpc) is 2.67. The van der Waals surface area contributed by atoms with Crippen LogP contribution in [0.5, 0.6) is 0 Å². The molecule has 1 aromatic carbocycles. The fraction of sp³-hybridized carbons (Fsp3) is 0.579. The van der Waals surface area contributed by atoms with Crippen LogP contribution < -0.4 is 4.90 Å². The fourth-order valence-corrected chi connectivity index (χ4v) is 3.56. The number of Topliss-reactive ketones (excluding diaryl/α,β-unsaturated/α-hetero) is 1. The van der Waals surface area contributed by atoms with Crippen LogP contribution in [0.2, 0.25) is 5.02 Å². The van der Waals surface area contributed by atoms with Crippen LogP contribution in [-0.2, 0) is 14.3 Å². The van der Waals surface area contributed by atoms with Crippen molar-refractivity contribution in [3.05, 3.63) is 29.3 Å². The Bertz CT molecular complexity index is 626. The van der Waals surface area contributed by atoms with Gasteiger partial charge < -0.3 is 14.5 Å². The Morgan fingerprint density at radius 1 is 1.00 bits per heavy atom. The number of nitrogens with zero attached hydrogens (tertiary/aromatic N) is 3. The molecule has 7 heteroatoms. The Balaban J connectivity index is 1.38. The first-order chi connectivity index (χ1) is 12.6. The maximum Gasteiger partial charge on any atom is 0.223 e. The van der Waals surface area contributed by atoms with Gasteiger partial charge in [-0.1, -0.05) is 17.7 Å². The topological polar surface area (TPSA) is 53.1 Å². The normalized spacial score (nSPS) is 18.8. The summed E-state index contributed by atoms with van der Waals surface area (Å²) in [7, 11) is 0. The number of hydrogen-bond acceptors (Lipinski definition) is 5. The van der Waals surface area contributed by atoms with Crippen molar-refractivity contribution >= 4 is 29.0 Å². The molecular formula is C19H26ClN3O3. The summed E-state index contributed by atoms with van der Waals surface area (Å²) in [5, 5.41) is 0.722. The minimum atomic E-state index is 0.0751. The molecule has 1 amide bonds. The van der Waals surface area contributed by atoms with E-state index < -0.39 is 0 Å². The maximum atomic E-state index is 12.4. The van der Waals surface area contributed by atoms with Crippen LogP contribution in [0.3, 0.4) is 0 Å². The minimum Gasteiger partial charge on any atom is -0.379 e. The van der Waals surface area contributed by atoms with Gasteiger partial charge in [0, 0.05) is 62.8 Å². The summed E-state index contributed by atoms with van der Waals surface area (Å²) < 4.78 is 5.28. The molecule has 26 heavy (non-hydrogen) atoms. The molecule has 0 radical (unpaired) electrons. The Hall–Kier alpha value is -1.63. The lowest BCUT2D eigenvalue weighted by atomic mass is 10.1. The van der Waals surface area contributed by atoms with Crippen LogP contribution in [0.25, 0.3) is 0 Å². The number of ketones is 1. The van der Waals surface area contributed by atoms with E-state index in [1.807, 2.05) is 29.2 Å². The van der Waals surface area contributed by atoms with Gasteiger partial charge in [-0.2, -0.15) is 0 Å². The summed E-state index contributed by atoms with van der Waals surface area (Å²) in [5.74, 6) is 0.212. The summed E-state index contributed by atoms with van der Waals surface area (Å²) in [6.07, 6.45) is 0.630. The van der Waals surface area contributed by atoms with Crippen molar-refractivity contribution in [2.24, 2.45) is 0 Å². The molecule has 0 N–H and O–H groups in total. The standard InChI is InChI=1S/C19H26ClN3O3/c20-16-2-1-3-17(14-16)22-6-8-23(9-7-22)19(25)5-4-18(24)15-21-10-12-26-13-11-21/h1-3,14H,4-13,15H2. The van der Waals surface area contributed by atoms with Crippen LogP contribution in [0, 0.1) is 0 Å². The second-order valence-electron chi connectivity index (χ2n) is 6.77. The lowest BCUT2D eigenvalue weighted by molar-refractivity contribution is -0.133. The molecule has 0 atom stereocenters. The Morgan fingerprint density at radius 2 is 1.73 bits per heavy atom. The van der Waals surface area contributed by atoms with Crippen molar-refractivity contribution in [2.75, 3.05) is 63.9 Å². The van der Waals surface area contributed by atoms with E-state index in [4.69, 9.17) is 16.3 Å². The molecule has 2 fully saturated rings. The van der Waals surface area contributed by atoms with Crippen LogP contribution in [-0.4, -0.2) is 80.5 Å². The van der Waals surface area contributed by atoms with Crippen molar-refractivity contribution in [3.63, 3.8) is 0 Å². The second kappa shape index (κ2) is 9.35. The lowest BCUT2D eigenvalue weighted by Gasteiger charge is -2.36. The molecule has 2 heterocycles. The first-order valence-corrected chi connectivity index (χ1v) is 9.60. The first kappa shape index (κ1) is 19.1. The number of carbonyl (C=O) groups is 2. The Morgan fingerprint density at radius 3 is 2.42 bits per heavy atom. The number of benzene rings is 1. The quantitative estimate of drug-likeness (QED) is 0.752. The zero-order valence-corrected chi connectivity index (χ0v) is 15.8. The molecule has 142 valence electrons. The molecule has 0 aromatic heterocycles. The molecule has 0 unspecified atom stereocenters. The molecule has 0 aliphatic carbocycles. The molecule has 0 spiro atoms. The molecule has 6 nitrogen and oxygen atoms in total. The fourth-order valence-electron chi connectivity index (χ4n) is 3.38. The summed E-state index contributed by atoms with van der Waals surface area (Å²) in [6, 6.07) is 7.78. The highest BCUT2D eigenvalue weighted by Gasteiger charge is 2.22. The van der Waals surface area contributed by atoms with Gasteiger partial charge in [0.15, 0.2) is 0 Å². The molecule has 1 aromatic rings. The van der Waals surface area contributed by atoms with E-state index in [1.165, 1.54) is 0 Å². The average molecular weight is 380 g/mol. The predicted octanol–water partition coefficient (Wildman–Crippen LogP) is 1.67. The number of anilines is 1. The van der Waals surface area contributed by atoms with Gasteiger partial charge in [0.1, 0.15) is 5.78 Å². The third-order valence-electron chi connectivity index (χ3n) is 4.93. The van der Waals surface area contributed by atoms with E-state index in [-0.39, 0.29) is 11.7 Å². The van der Waals surface area contributed by atoms with Gasteiger partial charge in [0.25, 0.3) is 0 Å². The van der Waals surface area contributed by atoms with Crippen LogP contribution in [0.4, 0.5) is 5.69 Å². The monoisotopic (exact) mass is 379 g/mol. The van der Waals surface area contributed by atoms with E-state index in [9.17, 15) is 9.59 Å². The van der Waals surface area contributed by atoms with Crippen molar-refractivity contribution < 1.29 is 14.3 Å². The molecule has 2 aliphatic rings. The number of ether oxygens (including phenoxy) is 1. The molecular weight excluding hydrogens is 354 g/mol. The summed E-state index contributed by atoms with van der Waals surface area (Å²) in [5.41, 5.74) is 1.09. The zero-order chi connectivity index (χ0) is 18.4. The largest absolute Gasteiger partial charge is 0.379 e. The highest BCUT2D eigenvalue weighted by molar-refractivity contribution is 6.30. The van der Waals surface area contributed by atoms with Crippen molar-refractivity contribution in [2.45, 2.75) is 12.8 Å². The third-order valence-corrected chi connectivity index (χ3v) is 5.16. The summed E-state index contributed by atoms with van der Waals surface area (Å²) in [6.45, 7) is 6.33. The Kier molecular flexibility index (Phi) is 6.88. The van der Waals surface area contributed by atoms with Crippen molar-refractivity contribution in [3.8, 4) is 0 Å². The number of amides is 1. The number of halogens is 1. The van der Waals surface area contributed by atoms with Gasteiger partial charge in [-0.15, -0.1) is 0 Å². The highest BCUT2D eigenvalue weighted by Crippen LogP contribution is 2.21. The van der Waals surface area contributed by atoms with E-state index in [0.717, 1.165) is 36.9 Å². The molecule has 3 rings (SSSR count).